The molecule has 5 rings (SSSR count). The van der Waals surface area contributed by atoms with Crippen molar-refractivity contribution in [1.82, 2.24) is 4.98 Å². The van der Waals surface area contributed by atoms with E-state index in [-0.39, 0.29) is 10.8 Å². The number of aromatic nitrogens is 1. The number of fused-ring (bicyclic) bond motifs is 1. The van der Waals surface area contributed by atoms with Crippen LogP contribution in [0.15, 0.2) is 91.1 Å². The Morgan fingerprint density at radius 2 is 1.20 bits per heavy atom. The van der Waals surface area contributed by atoms with E-state index in [1.165, 1.54) is 42.8 Å². The summed E-state index contributed by atoms with van der Waals surface area (Å²) in [5, 5.41) is 1.25. The second-order valence-corrected chi connectivity index (χ2v) is 12.5. The maximum atomic E-state index is 4.84. The topological polar surface area (TPSA) is 12.9 Å². The van der Waals surface area contributed by atoms with Gasteiger partial charge in [-0.25, -0.2) is 0 Å². The van der Waals surface area contributed by atoms with E-state index in [0.29, 0.717) is 0 Å². The molecule has 2 aromatic heterocycles. The highest BCUT2D eigenvalue weighted by Gasteiger charge is 2.21. The molecule has 0 atom stereocenters. The minimum atomic E-state index is 0.102. The number of benzene rings is 3. The lowest BCUT2D eigenvalue weighted by molar-refractivity contribution is 0.569. The lowest BCUT2D eigenvalue weighted by atomic mass is 9.79. The van der Waals surface area contributed by atoms with E-state index in [9.17, 15) is 0 Å². The molecular formula is C33H33NS. The van der Waals surface area contributed by atoms with Gasteiger partial charge in [-0.05, 0) is 74.4 Å². The summed E-state index contributed by atoms with van der Waals surface area (Å²) in [5.74, 6) is 0. The summed E-state index contributed by atoms with van der Waals surface area (Å²) in [6, 6.07) is 30.9. The minimum absolute atomic E-state index is 0.102. The van der Waals surface area contributed by atoms with E-state index in [1.54, 1.807) is 0 Å². The van der Waals surface area contributed by atoms with Gasteiger partial charge in [-0.15, -0.1) is 11.3 Å². The molecule has 0 N–H and O–H groups in total. The molecule has 0 spiro atoms. The van der Waals surface area contributed by atoms with Crippen molar-refractivity contribution in [3.63, 3.8) is 0 Å². The zero-order chi connectivity index (χ0) is 24.8. The van der Waals surface area contributed by atoms with Crippen LogP contribution in [0.25, 0.3) is 42.9 Å². The maximum Gasteiger partial charge on any atom is 0.0709 e. The van der Waals surface area contributed by atoms with Crippen molar-refractivity contribution in [3.05, 3.63) is 102 Å². The van der Waals surface area contributed by atoms with Gasteiger partial charge in [-0.3, -0.25) is 4.98 Å². The normalized spacial score (nSPS) is 12.3. The zero-order valence-corrected chi connectivity index (χ0v) is 22.3. The van der Waals surface area contributed by atoms with Gasteiger partial charge in [0.1, 0.15) is 0 Å². The number of hydrogen-bond acceptors (Lipinski definition) is 2. The van der Waals surface area contributed by atoms with Crippen molar-refractivity contribution in [2.24, 2.45) is 0 Å². The van der Waals surface area contributed by atoms with Gasteiger partial charge < -0.3 is 0 Å². The zero-order valence-electron chi connectivity index (χ0n) is 21.5. The Labute approximate surface area is 213 Å². The number of hydrogen-bond donors (Lipinski definition) is 0. The highest BCUT2D eigenvalue weighted by atomic mass is 32.1. The van der Waals surface area contributed by atoms with Crippen LogP contribution in [-0.4, -0.2) is 4.98 Å². The largest absolute Gasteiger partial charge is 0.255 e. The third kappa shape index (κ3) is 4.94. The fraction of sp³-hybridized carbons (Fsp3) is 0.242. The molecule has 2 heterocycles. The first-order valence-electron chi connectivity index (χ1n) is 12.3. The van der Waals surface area contributed by atoms with Crippen molar-refractivity contribution >= 4 is 21.4 Å². The van der Waals surface area contributed by atoms with Gasteiger partial charge >= 0.3 is 0 Å². The molecule has 0 fully saturated rings. The molecule has 2 heteroatoms. The van der Waals surface area contributed by atoms with Crippen molar-refractivity contribution in [2.75, 3.05) is 0 Å². The summed E-state index contributed by atoms with van der Waals surface area (Å²) in [6.07, 6.45) is 2.03. The standard InChI is InChI=1S/C33H33NS/c1-32(2,3)27-16-25(17-28(20-27)33(4,5)6)30-19-26-18-29(34-21-31(26)35-30)24-14-10-13-23(15-24)22-11-8-7-9-12-22/h7-21H,1-6H3. The van der Waals surface area contributed by atoms with E-state index >= 15 is 0 Å². The van der Waals surface area contributed by atoms with Crippen LogP contribution in [0.5, 0.6) is 0 Å². The molecule has 5 aromatic rings. The van der Waals surface area contributed by atoms with Gasteiger partial charge in [0.05, 0.1) is 10.4 Å². The summed E-state index contributed by atoms with van der Waals surface area (Å²) < 4.78 is 1.22. The lowest BCUT2D eigenvalue weighted by Gasteiger charge is -2.26. The molecule has 35 heavy (non-hydrogen) atoms. The first-order chi connectivity index (χ1) is 16.6. The van der Waals surface area contributed by atoms with Crippen LogP contribution in [0.2, 0.25) is 0 Å². The average molecular weight is 476 g/mol. The fourth-order valence-electron chi connectivity index (χ4n) is 4.37. The van der Waals surface area contributed by atoms with Crippen LogP contribution in [0.3, 0.4) is 0 Å². The second-order valence-electron chi connectivity index (χ2n) is 11.5. The maximum absolute atomic E-state index is 4.84. The Hall–Kier alpha value is -3.23. The molecule has 0 saturated heterocycles. The lowest BCUT2D eigenvalue weighted by Crippen LogP contribution is -2.16. The Bertz CT molecular complexity index is 1460. The van der Waals surface area contributed by atoms with Gasteiger partial charge in [0.25, 0.3) is 0 Å². The first-order valence-corrected chi connectivity index (χ1v) is 13.1. The molecule has 0 radical (unpaired) electrons. The smallest absolute Gasteiger partial charge is 0.0709 e. The molecule has 3 aromatic carbocycles. The Kier molecular flexibility index (Phi) is 5.89. The van der Waals surface area contributed by atoms with Crippen LogP contribution >= 0.6 is 11.3 Å². The third-order valence-electron chi connectivity index (χ3n) is 6.62. The molecule has 0 amide bonds. The van der Waals surface area contributed by atoms with Crippen LogP contribution in [0, 0.1) is 0 Å². The molecule has 0 bridgehead atoms. The summed E-state index contributed by atoms with van der Waals surface area (Å²) in [4.78, 5) is 6.14. The van der Waals surface area contributed by atoms with Gasteiger partial charge in [0, 0.05) is 16.6 Å². The second kappa shape index (κ2) is 8.77. The predicted molar refractivity (Wildman–Crippen MR) is 153 cm³/mol. The van der Waals surface area contributed by atoms with Gasteiger partial charge in [-0.2, -0.15) is 0 Å². The Balaban J connectivity index is 1.57. The summed E-state index contributed by atoms with van der Waals surface area (Å²) in [5.41, 5.74) is 8.87. The van der Waals surface area contributed by atoms with Crippen LogP contribution < -0.4 is 0 Å². The first kappa shape index (κ1) is 23.5. The summed E-state index contributed by atoms with van der Waals surface area (Å²) in [7, 11) is 0. The molecule has 0 unspecified atom stereocenters. The van der Waals surface area contributed by atoms with Crippen LogP contribution in [-0.2, 0) is 10.8 Å². The van der Waals surface area contributed by atoms with Crippen LogP contribution in [0.4, 0.5) is 0 Å². The number of rotatable bonds is 3. The Morgan fingerprint density at radius 3 is 1.86 bits per heavy atom. The van der Waals surface area contributed by atoms with Crippen molar-refractivity contribution in [3.8, 4) is 32.8 Å². The number of nitrogens with zero attached hydrogens (tertiary/aromatic N) is 1. The van der Waals surface area contributed by atoms with Crippen molar-refractivity contribution in [1.29, 1.82) is 0 Å². The van der Waals surface area contributed by atoms with E-state index in [2.05, 4.69) is 126 Å². The number of thiophene rings is 1. The quantitative estimate of drug-likeness (QED) is 0.253. The third-order valence-corrected chi connectivity index (χ3v) is 7.75. The molecular weight excluding hydrogens is 442 g/mol. The fourth-order valence-corrected chi connectivity index (χ4v) is 5.37. The van der Waals surface area contributed by atoms with Gasteiger partial charge in [0.2, 0.25) is 0 Å². The Morgan fingerprint density at radius 1 is 0.571 bits per heavy atom. The molecule has 176 valence electrons. The molecule has 0 saturated carbocycles. The molecule has 0 aliphatic carbocycles. The van der Waals surface area contributed by atoms with Crippen LogP contribution in [0.1, 0.15) is 52.7 Å². The minimum Gasteiger partial charge on any atom is -0.255 e. The molecule has 1 nitrogen and oxygen atoms in total. The van der Waals surface area contributed by atoms with E-state index in [4.69, 9.17) is 4.98 Å². The van der Waals surface area contributed by atoms with Gasteiger partial charge in [-0.1, -0.05) is 96.1 Å². The predicted octanol–water partition coefficient (Wildman–Crippen LogP) is 9.89. The van der Waals surface area contributed by atoms with Crippen molar-refractivity contribution in [2.45, 2.75) is 52.4 Å². The van der Waals surface area contributed by atoms with E-state index in [1.807, 2.05) is 17.5 Å². The van der Waals surface area contributed by atoms with E-state index < -0.39 is 0 Å². The highest BCUT2D eigenvalue weighted by molar-refractivity contribution is 7.22. The summed E-state index contributed by atoms with van der Waals surface area (Å²) in [6.45, 7) is 13.8. The van der Waals surface area contributed by atoms with Gasteiger partial charge in [0.15, 0.2) is 0 Å². The van der Waals surface area contributed by atoms with E-state index in [0.717, 1.165) is 11.3 Å². The van der Waals surface area contributed by atoms with Crippen molar-refractivity contribution < 1.29 is 0 Å². The molecule has 0 aliphatic heterocycles. The highest BCUT2D eigenvalue weighted by Crippen LogP contribution is 2.39. The molecule has 0 aliphatic rings. The summed E-state index contributed by atoms with van der Waals surface area (Å²) >= 11 is 1.83. The monoisotopic (exact) mass is 475 g/mol. The average Bonchev–Trinajstić information content (AvgIpc) is 3.27. The number of pyridine rings is 1. The SMILES string of the molecule is CC(C)(C)c1cc(-c2cc3cc(-c4cccc(-c5ccccc5)c4)ncc3s2)cc(C(C)(C)C)c1.